The average molecular weight is 479 g/mol. The standard InChI is InChI=1S/C26H30N4O3S/c1-16-8-5-6-9-19(16)23(31)27-18-11-14-29(15-12-18)26(33)22-17(2)21-24(34-22)28-20-10-4-3-7-13-30(20)25(21)32/h5-6,8-9,18H,3-4,7,10-15H2,1-2H3,(H,27,31). The van der Waals surface area contributed by atoms with Gasteiger partial charge >= 0.3 is 0 Å². The summed E-state index contributed by atoms with van der Waals surface area (Å²) in [6.45, 7) is 5.66. The summed E-state index contributed by atoms with van der Waals surface area (Å²) in [5, 5.41) is 3.72. The first kappa shape index (κ1) is 22.8. The van der Waals surface area contributed by atoms with E-state index in [9.17, 15) is 14.4 Å². The number of nitrogens with one attached hydrogen (secondary N) is 1. The van der Waals surface area contributed by atoms with E-state index in [2.05, 4.69) is 5.32 Å². The third-order valence-corrected chi connectivity index (χ3v) is 8.29. The minimum absolute atomic E-state index is 0.00711. The van der Waals surface area contributed by atoms with Crippen molar-refractivity contribution in [1.82, 2.24) is 19.8 Å². The predicted octanol–water partition coefficient (Wildman–Crippen LogP) is 3.84. The van der Waals surface area contributed by atoms with Crippen LogP contribution in [0.15, 0.2) is 29.1 Å². The predicted molar refractivity (Wildman–Crippen MR) is 134 cm³/mol. The topological polar surface area (TPSA) is 84.3 Å². The van der Waals surface area contributed by atoms with Crippen molar-refractivity contribution < 1.29 is 9.59 Å². The molecule has 1 aromatic carbocycles. The monoisotopic (exact) mass is 478 g/mol. The Balaban J connectivity index is 1.30. The van der Waals surface area contributed by atoms with E-state index in [1.165, 1.54) is 11.3 Å². The van der Waals surface area contributed by atoms with Crippen molar-refractivity contribution in [2.45, 2.75) is 65.0 Å². The summed E-state index contributed by atoms with van der Waals surface area (Å²) in [4.78, 5) is 47.2. The first-order valence-corrected chi connectivity index (χ1v) is 12.9. The van der Waals surface area contributed by atoms with Gasteiger partial charge in [-0.15, -0.1) is 11.3 Å². The SMILES string of the molecule is Cc1ccccc1C(=O)NC1CCN(C(=O)c2sc3nc4n(c(=O)c3c2C)CCCCC4)CC1. The van der Waals surface area contributed by atoms with Crippen molar-refractivity contribution >= 4 is 33.4 Å². The summed E-state index contributed by atoms with van der Waals surface area (Å²) in [7, 11) is 0. The number of benzene rings is 1. The molecule has 0 radical (unpaired) electrons. The molecule has 2 aliphatic rings. The van der Waals surface area contributed by atoms with E-state index in [0.29, 0.717) is 53.1 Å². The molecule has 5 rings (SSSR count). The molecule has 7 nitrogen and oxygen atoms in total. The highest BCUT2D eigenvalue weighted by Crippen LogP contribution is 2.30. The number of thiophene rings is 1. The van der Waals surface area contributed by atoms with Gasteiger partial charge in [-0.1, -0.05) is 24.6 Å². The van der Waals surface area contributed by atoms with Crippen molar-refractivity contribution in [2.75, 3.05) is 13.1 Å². The molecule has 3 aromatic rings. The molecule has 0 aliphatic carbocycles. The van der Waals surface area contributed by atoms with Gasteiger partial charge in [0.15, 0.2) is 0 Å². The van der Waals surface area contributed by atoms with E-state index in [1.807, 2.05) is 47.6 Å². The zero-order chi connectivity index (χ0) is 23.8. The lowest BCUT2D eigenvalue weighted by Gasteiger charge is -2.32. The van der Waals surface area contributed by atoms with Crippen LogP contribution >= 0.6 is 11.3 Å². The highest BCUT2D eigenvalue weighted by Gasteiger charge is 2.29. The molecular weight excluding hydrogens is 448 g/mol. The molecular formula is C26H30N4O3S. The first-order valence-electron chi connectivity index (χ1n) is 12.1. The Morgan fingerprint density at radius 1 is 1.06 bits per heavy atom. The second-order valence-corrected chi connectivity index (χ2v) is 10.4. The molecule has 0 saturated carbocycles. The van der Waals surface area contributed by atoms with E-state index >= 15 is 0 Å². The number of hydrogen-bond acceptors (Lipinski definition) is 5. The normalized spacial score (nSPS) is 16.8. The van der Waals surface area contributed by atoms with Crippen LogP contribution < -0.4 is 10.9 Å². The fourth-order valence-corrected chi connectivity index (χ4v) is 6.23. The third-order valence-electron chi connectivity index (χ3n) is 7.11. The molecule has 178 valence electrons. The number of piperidine rings is 1. The number of nitrogens with zero attached hydrogens (tertiary/aromatic N) is 3. The maximum absolute atomic E-state index is 13.4. The molecule has 8 heteroatoms. The number of fused-ring (bicyclic) bond motifs is 2. The van der Waals surface area contributed by atoms with Crippen LogP contribution in [0.1, 0.15) is 69.1 Å². The van der Waals surface area contributed by atoms with Crippen LogP contribution in [0, 0.1) is 13.8 Å². The van der Waals surface area contributed by atoms with Gasteiger partial charge in [0.1, 0.15) is 10.7 Å². The van der Waals surface area contributed by atoms with Crippen LogP contribution in [-0.2, 0) is 13.0 Å². The van der Waals surface area contributed by atoms with E-state index in [4.69, 9.17) is 4.98 Å². The van der Waals surface area contributed by atoms with Gasteiger partial charge in [-0.2, -0.15) is 0 Å². The van der Waals surface area contributed by atoms with Gasteiger partial charge in [-0.05, 0) is 56.7 Å². The lowest BCUT2D eigenvalue weighted by atomic mass is 10.0. The summed E-state index contributed by atoms with van der Waals surface area (Å²) >= 11 is 1.34. The zero-order valence-corrected chi connectivity index (χ0v) is 20.5. The largest absolute Gasteiger partial charge is 0.349 e. The van der Waals surface area contributed by atoms with Gasteiger partial charge in [0.05, 0.1) is 10.3 Å². The Morgan fingerprint density at radius 2 is 1.82 bits per heavy atom. The quantitative estimate of drug-likeness (QED) is 0.620. The summed E-state index contributed by atoms with van der Waals surface area (Å²) in [6.07, 6.45) is 5.38. The Hall–Kier alpha value is -3.00. The minimum atomic E-state index is -0.0606. The summed E-state index contributed by atoms with van der Waals surface area (Å²) in [5.74, 6) is 0.749. The molecule has 2 aromatic heterocycles. The van der Waals surface area contributed by atoms with Crippen molar-refractivity contribution in [1.29, 1.82) is 0 Å². The number of amides is 2. The Labute approximate surface area is 202 Å². The van der Waals surface area contributed by atoms with Crippen LogP contribution in [-0.4, -0.2) is 45.4 Å². The lowest BCUT2D eigenvalue weighted by Crippen LogP contribution is -2.46. The number of hydrogen-bond donors (Lipinski definition) is 1. The number of carbonyl (C=O) groups is 2. The summed E-state index contributed by atoms with van der Waals surface area (Å²) in [5.41, 5.74) is 2.39. The van der Waals surface area contributed by atoms with Crippen LogP contribution in [0.25, 0.3) is 10.2 Å². The molecule has 1 fully saturated rings. The van der Waals surface area contributed by atoms with Crippen molar-refractivity contribution in [2.24, 2.45) is 0 Å². The van der Waals surface area contributed by atoms with Gasteiger partial charge in [-0.25, -0.2) is 4.98 Å². The highest BCUT2D eigenvalue weighted by molar-refractivity contribution is 7.20. The third kappa shape index (κ3) is 4.15. The molecule has 0 bridgehead atoms. The molecule has 0 unspecified atom stereocenters. The van der Waals surface area contributed by atoms with Gasteiger partial charge in [-0.3, -0.25) is 19.0 Å². The first-order chi connectivity index (χ1) is 16.4. The molecule has 1 saturated heterocycles. The molecule has 34 heavy (non-hydrogen) atoms. The van der Waals surface area contributed by atoms with Crippen molar-refractivity contribution in [3.05, 3.63) is 62.0 Å². The lowest BCUT2D eigenvalue weighted by molar-refractivity contribution is 0.0702. The molecule has 2 aliphatic heterocycles. The summed E-state index contributed by atoms with van der Waals surface area (Å²) < 4.78 is 1.81. The Kier molecular flexibility index (Phi) is 6.25. The maximum atomic E-state index is 13.4. The Bertz CT molecular complexity index is 1320. The number of aryl methyl sites for hydroxylation is 3. The van der Waals surface area contributed by atoms with Crippen LogP contribution in [0.2, 0.25) is 0 Å². The van der Waals surface area contributed by atoms with E-state index in [1.54, 1.807) is 0 Å². The molecule has 1 N–H and O–H groups in total. The molecule has 0 atom stereocenters. The maximum Gasteiger partial charge on any atom is 0.264 e. The highest BCUT2D eigenvalue weighted by atomic mass is 32.1. The fraction of sp³-hybridized carbons (Fsp3) is 0.462. The average Bonchev–Trinajstić information content (AvgIpc) is 3.00. The van der Waals surface area contributed by atoms with Crippen molar-refractivity contribution in [3.8, 4) is 0 Å². The van der Waals surface area contributed by atoms with Gasteiger partial charge in [0.25, 0.3) is 17.4 Å². The molecule has 4 heterocycles. The number of likely N-dealkylation sites (tertiary alicyclic amines) is 1. The van der Waals surface area contributed by atoms with E-state index in [-0.39, 0.29) is 23.4 Å². The van der Waals surface area contributed by atoms with E-state index < -0.39 is 0 Å². The van der Waals surface area contributed by atoms with Crippen molar-refractivity contribution in [3.63, 3.8) is 0 Å². The van der Waals surface area contributed by atoms with Crippen LogP contribution in [0.3, 0.4) is 0 Å². The zero-order valence-electron chi connectivity index (χ0n) is 19.7. The number of rotatable bonds is 3. The van der Waals surface area contributed by atoms with Gasteiger partial charge in [0, 0.05) is 37.7 Å². The molecule has 0 spiro atoms. The summed E-state index contributed by atoms with van der Waals surface area (Å²) in [6, 6.07) is 7.61. The van der Waals surface area contributed by atoms with Crippen LogP contribution in [0.4, 0.5) is 0 Å². The molecule has 2 amide bonds. The second-order valence-electron chi connectivity index (χ2n) is 9.39. The Morgan fingerprint density at radius 3 is 2.59 bits per heavy atom. The number of aromatic nitrogens is 2. The van der Waals surface area contributed by atoms with Gasteiger partial charge in [0.2, 0.25) is 0 Å². The van der Waals surface area contributed by atoms with E-state index in [0.717, 1.165) is 42.6 Å². The van der Waals surface area contributed by atoms with Gasteiger partial charge < -0.3 is 10.2 Å². The smallest absolute Gasteiger partial charge is 0.264 e. The number of carbonyl (C=O) groups excluding carboxylic acids is 2. The fourth-order valence-electron chi connectivity index (χ4n) is 5.08. The van der Waals surface area contributed by atoms with Crippen LogP contribution in [0.5, 0.6) is 0 Å². The second kappa shape index (κ2) is 9.33. The minimum Gasteiger partial charge on any atom is -0.349 e.